The van der Waals surface area contributed by atoms with Gasteiger partial charge in [-0.3, -0.25) is 10.1 Å². The number of nitro benzene ring substituents is 1. The van der Waals surface area contributed by atoms with Gasteiger partial charge in [-0.2, -0.15) is 13.2 Å². The summed E-state index contributed by atoms with van der Waals surface area (Å²) < 4.78 is 44.0. The van der Waals surface area contributed by atoms with Crippen LogP contribution in [0.4, 0.5) is 30.4 Å². The van der Waals surface area contributed by atoms with Crippen molar-refractivity contribution in [1.82, 2.24) is 4.98 Å². The Morgan fingerprint density at radius 1 is 1.29 bits per heavy atom. The number of rotatable bonds is 5. The molecular formula is C17H16ClF3N4O3. The molecule has 0 bridgehead atoms. The maximum absolute atomic E-state index is 12.9. The number of aromatic nitrogens is 1. The van der Waals surface area contributed by atoms with Crippen LogP contribution in [-0.2, 0) is 17.5 Å². The molecule has 0 spiro atoms. The number of morpholine rings is 1. The standard InChI is InChI=1S/C17H16ClF3N4O3/c18-13-8-14(15(25(26)27)7-12(13)17(19,20)21)22-9-11-1-2-16(23-10-11)24-3-5-28-6-4-24/h1-2,7-8,10,22H,3-6,9H2. The molecule has 0 saturated carbocycles. The molecule has 0 amide bonds. The first-order chi connectivity index (χ1) is 13.3. The van der Waals surface area contributed by atoms with Crippen molar-refractivity contribution in [3.8, 4) is 0 Å². The molecule has 0 unspecified atom stereocenters. The average Bonchev–Trinajstić information content (AvgIpc) is 2.66. The Labute approximate surface area is 163 Å². The normalized spacial score (nSPS) is 14.8. The maximum atomic E-state index is 12.9. The molecule has 1 aromatic carbocycles. The molecule has 2 aromatic rings. The third-order valence-electron chi connectivity index (χ3n) is 4.21. The molecule has 7 nitrogen and oxygen atoms in total. The van der Waals surface area contributed by atoms with Crippen molar-refractivity contribution in [3.63, 3.8) is 0 Å². The summed E-state index contributed by atoms with van der Waals surface area (Å²) in [6.07, 6.45) is -3.17. The van der Waals surface area contributed by atoms with E-state index in [0.717, 1.165) is 25.0 Å². The zero-order valence-corrected chi connectivity index (χ0v) is 15.3. The third kappa shape index (κ3) is 4.63. The van der Waals surface area contributed by atoms with Gasteiger partial charge in [-0.15, -0.1) is 0 Å². The lowest BCUT2D eigenvalue weighted by molar-refractivity contribution is -0.384. The summed E-state index contributed by atoms with van der Waals surface area (Å²) in [7, 11) is 0. The predicted octanol–water partition coefficient (Wildman–Crippen LogP) is 4.11. The Morgan fingerprint density at radius 2 is 2.00 bits per heavy atom. The van der Waals surface area contributed by atoms with Crippen LogP contribution in [0.3, 0.4) is 0 Å². The van der Waals surface area contributed by atoms with Crippen LogP contribution >= 0.6 is 11.6 Å². The summed E-state index contributed by atoms with van der Waals surface area (Å²) in [5.41, 5.74) is -1.33. The van der Waals surface area contributed by atoms with Gasteiger partial charge in [0, 0.05) is 31.9 Å². The van der Waals surface area contributed by atoms with Crippen molar-refractivity contribution in [2.24, 2.45) is 0 Å². The van der Waals surface area contributed by atoms with E-state index in [1.807, 2.05) is 6.07 Å². The summed E-state index contributed by atoms with van der Waals surface area (Å²) >= 11 is 5.67. The fourth-order valence-electron chi connectivity index (χ4n) is 2.77. The van der Waals surface area contributed by atoms with Crippen molar-refractivity contribution in [3.05, 3.63) is 56.7 Å². The second kappa shape index (κ2) is 8.19. The first-order valence-corrected chi connectivity index (χ1v) is 8.70. The van der Waals surface area contributed by atoms with Gasteiger partial charge in [0.15, 0.2) is 0 Å². The third-order valence-corrected chi connectivity index (χ3v) is 4.53. The van der Waals surface area contributed by atoms with E-state index in [1.54, 1.807) is 12.3 Å². The highest BCUT2D eigenvalue weighted by Gasteiger charge is 2.36. The van der Waals surface area contributed by atoms with Crippen LogP contribution in [0.5, 0.6) is 0 Å². The summed E-state index contributed by atoms with van der Waals surface area (Å²) in [5, 5.41) is 13.3. The van der Waals surface area contributed by atoms with E-state index in [2.05, 4.69) is 15.2 Å². The lowest BCUT2D eigenvalue weighted by Gasteiger charge is -2.27. The van der Waals surface area contributed by atoms with Crippen LogP contribution in [0.1, 0.15) is 11.1 Å². The number of hydrogen-bond donors (Lipinski definition) is 1. The van der Waals surface area contributed by atoms with Gasteiger partial charge in [0.2, 0.25) is 0 Å². The summed E-state index contributed by atoms with van der Waals surface area (Å²) in [6, 6.07) is 4.96. The second-order valence-electron chi connectivity index (χ2n) is 6.08. The van der Waals surface area contributed by atoms with Gasteiger partial charge in [-0.05, 0) is 17.7 Å². The van der Waals surface area contributed by atoms with Gasteiger partial charge in [-0.1, -0.05) is 17.7 Å². The Bertz CT molecular complexity index is 856. The highest BCUT2D eigenvalue weighted by molar-refractivity contribution is 6.31. The van der Waals surface area contributed by atoms with E-state index in [0.29, 0.717) is 24.8 Å². The van der Waals surface area contributed by atoms with Gasteiger partial charge >= 0.3 is 6.18 Å². The number of nitro groups is 1. The quantitative estimate of drug-likeness (QED) is 0.583. The number of nitrogens with one attached hydrogen (secondary N) is 1. The van der Waals surface area contributed by atoms with Gasteiger partial charge in [-0.25, -0.2) is 4.98 Å². The monoisotopic (exact) mass is 416 g/mol. The Hall–Kier alpha value is -2.59. The molecule has 1 aromatic heterocycles. The fraction of sp³-hybridized carbons (Fsp3) is 0.353. The lowest BCUT2D eigenvalue weighted by Crippen LogP contribution is -2.36. The van der Waals surface area contributed by atoms with Crippen molar-refractivity contribution in [2.45, 2.75) is 12.7 Å². The number of hydrogen-bond acceptors (Lipinski definition) is 6. The van der Waals surface area contributed by atoms with Crippen LogP contribution in [0.2, 0.25) is 5.02 Å². The van der Waals surface area contributed by atoms with Crippen molar-refractivity contribution in [2.75, 3.05) is 36.5 Å². The number of alkyl halides is 3. The van der Waals surface area contributed by atoms with E-state index in [1.165, 1.54) is 0 Å². The Morgan fingerprint density at radius 3 is 2.57 bits per heavy atom. The zero-order valence-electron chi connectivity index (χ0n) is 14.5. The highest BCUT2D eigenvalue weighted by Crippen LogP contribution is 2.40. The molecule has 0 atom stereocenters. The van der Waals surface area contributed by atoms with Crippen LogP contribution < -0.4 is 10.2 Å². The first-order valence-electron chi connectivity index (χ1n) is 8.32. The van der Waals surface area contributed by atoms with Crippen molar-refractivity contribution in [1.29, 1.82) is 0 Å². The van der Waals surface area contributed by atoms with Gasteiger partial charge in [0.25, 0.3) is 5.69 Å². The minimum absolute atomic E-state index is 0.0970. The van der Waals surface area contributed by atoms with E-state index >= 15 is 0 Å². The molecule has 1 fully saturated rings. The van der Waals surface area contributed by atoms with Crippen LogP contribution in [0.25, 0.3) is 0 Å². The average molecular weight is 417 g/mol. The topological polar surface area (TPSA) is 80.5 Å². The minimum atomic E-state index is -4.78. The number of nitrogens with zero attached hydrogens (tertiary/aromatic N) is 3. The molecular weight excluding hydrogens is 401 g/mol. The molecule has 1 aliphatic rings. The molecule has 11 heteroatoms. The van der Waals surface area contributed by atoms with Gasteiger partial charge in [0.1, 0.15) is 11.5 Å². The number of halogens is 4. The number of benzene rings is 1. The Kier molecular flexibility index (Phi) is 5.90. The molecule has 28 heavy (non-hydrogen) atoms. The molecule has 1 saturated heterocycles. The van der Waals surface area contributed by atoms with Crippen LogP contribution in [-0.4, -0.2) is 36.2 Å². The minimum Gasteiger partial charge on any atom is -0.378 e. The Balaban J connectivity index is 1.75. The van der Waals surface area contributed by atoms with Crippen molar-refractivity contribution >= 4 is 28.8 Å². The van der Waals surface area contributed by atoms with E-state index in [9.17, 15) is 23.3 Å². The molecule has 1 N–H and O–H groups in total. The SMILES string of the molecule is O=[N+]([O-])c1cc(C(F)(F)F)c(Cl)cc1NCc1ccc(N2CCOCC2)nc1. The summed E-state index contributed by atoms with van der Waals surface area (Å²) in [4.78, 5) is 16.7. The number of pyridine rings is 1. The molecule has 3 rings (SSSR count). The van der Waals surface area contributed by atoms with Crippen molar-refractivity contribution < 1.29 is 22.8 Å². The number of ether oxygens (including phenoxy) is 1. The van der Waals surface area contributed by atoms with E-state index < -0.39 is 27.4 Å². The molecule has 0 aliphatic carbocycles. The number of anilines is 2. The van der Waals surface area contributed by atoms with Gasteiger partial charge in [0.05, 0.1) is 28.7 Å². The molecule has 2 heterocycles. The smallest absolute Gasteiger partial charge is 0.378 e. The van der Waals surface area contributed by atoms with E-state index in [-0.39, 0.29) is 12.2 Å². The van der Waals surface area contributed by atoms with Crippen LogP contribution in [0.15, 0.2) is 30.5 Å². The first kappa shape index (κ1) is 20.2. The molecule has 150 valence electrons. The highest BCUT2D eigenvalue weighted by atomic mass is 35.5. The maximum Gasteiger partial charge on any atom is 0.418 e. The lowest BCUT2D eigenvalue weighted by atomic mass is 10.1. The fourth-order valence-corrected chi connectivity index (χ4v) is 3.04. The predicted molar refractivity (Wildman–Crippen MR) is 97.7 cm³/mol. The van der Waals surface area contributed by atoms with Crippen LogP contribution in [0, 0.1) is 10.1 Å². The van der Waals surface area contributed by atoms with Gasteiger partial charge < -0.3 is 15.0 Å². The summed E-state index contributed by atoms with van der Waals surface area (Å²) in [6.45, 7) is 2.87. The molecule has 1 aliphatic heterocycles. The van der Waals surface area contributed by atoms with E-state index in [4.69, 9.17) is 16.3 Å². The zero-order chi connectivity index (χ0) is 20.3. The summed E-state index contributed by atoms with van der Waals surface area (Å²) in [5.74, 6) is 0.788. The second-order valence-corrected chi connectivity index (χ2v) is 6.49. The largest absolute Gasteiger partial charge is 0.418 e. The molecule has 0 radical (unpaired) electrons.